The molecule has 2 aromatic heterocycles. The van der Waals surface area contributed by atoms with Crippen LogP contribution in [0.3, 0.4) is 0 Å². The largest absolute Gasteiger partial charge is 0.334 e. The number of quaternary nitrogens is 1. The minimum atomic E-state index is 1.07. The first kappa shape index (κ1) is 13.6. The normalized spacial score (nSPS) is 12.0. The van der Waals surface area contributed by atoms with Crippen LogP contribution in [0.15, 0.2) is 24.3 Å². The molecule has 0 aliphatic heterocycles. The van der Waals surface area contributed by atoms with E-state index in [9.17, 15) is 0 Å². The van der Waals surface area contributed by atoms with Gasteiger partial charge in [-0.15, -0.1) is 11.3 Å². The smallest absolute Gasteiger partial charge is 0.124 e. The number of hydrogen-bond donors (Lipinski definition) is 1. The molecule has 3 aromatic rings. The molecule has 2 heterocycles. The lowest BCUT2D eigenvalue weighted by Gasteiger charge is -2.16. The minimum Gasteiger partial charge on any atom is -0.334 e. The molecule has 3 nitrogen and oxygen atoms in total. The third-order valence-corrected chi connectivity index (χ3v) is 5.09. The Morgan fingerprint density at radius 2 is 1.95 bits per heavy atom. The fraction of sp³-hybridized carbons (Fsp3) is 0.438. The molecule has 4 heteroatoms. The Morgan fingerprint density at radius 3 is 2.70 bits per heavy atom. The highest BCUT2D eigenvalue weighted by Gasteiger charge is 2.15. The summed E-state index contributed by atoms with van der Waals surface area (Å²) in [6.45, 7) is 11.3. The number of rotatable bonds is 5. The van der Waals surface area contributed by atoms with E-state index in [1.54, 1.807) is 4.90 Å². The van der Waals surface area contributed by atoms with E-state index in [1.807, 2.05) is 11.3 Å². The van der Waals surface area contributed by atoms with Gasteiger partial charge in [-0.05, 0) is 26.8 Å². The number of hydrogen-bond acceptors (Lipinski definition) is 2. The monoisotopic (exact) mass is 288 g/mol. The van der Waals surface area contributed by atoms with Crippen LogP contribution in [0.4, 0.5) is 0 Å². The van der Waals surface area contributed by atoms with Gasteiger partial charge in [0.05, 0.1) is 36.7 Å². The number of thiazole rings is 1. The van der Waals surface area contributed by atoms with Crippen molar-refractivity contribution in [1.29, 1.82) is 0 Å². The first-order valence-corrected chi connectivity index (χ1v) is 8.24. The zero-order chi connectivity index (χ0) is 14.1. The van der Waals surface area contributed by atoms with Crippen LogP contribution in [0.5, 0.6) is 0 Å². The molecule has 106 valence electrons. The number of likely N-dealkylation sites (N-methyl/N-ethyl adjacent to an activating group) is 1. The maximum atomic E-state index is 4.72. The van der Waals surface area contributed by atoms with Gasteiger partial charge in [0.2, 0.25) is 0 Å². The number of aryl methyl sites for hydroxylation is 1. The SMILES string of the molecule is CC[NH+](CC)CCn1c2ccccc2c2nc(C)sc21. The van der Waals surface area contributed by atoms with Crippen molar-refractivity contribution in [3.63, 3.8) is 0 Å². The average molecular weight is 288 g/mol. The molecule has 0 amide bonds. The lowest BCUT2D eigenvalue weighted by Crippen LogP contribution is -3.11. The fourth-order valence-corrected chi connectivity index (χ4v) is 3.86. The van der Waals surface area contributed by atoms with Crippen molar-refractivity contribution in [3.05, 3.63) is 29.3 Å². The Labute approximate surface area is 123 Å². The van der Waals surface area contributed by atoms with Gasteiger partial charge >= 0.3 is 0 Å². The number of para-hydroxylation sites is 1. The van der Waals surface area contributed by atoms with Gasteiger partial charge in [-0.1, -0.05) is 18.2 Å². The minimum absolute atomic E-state index is 1.07. The summed E-state index contributed by atoms with van der Waals surface area (Å²) in [5, 5.41) is 2.45. The third-order valence-electron chi connectivity index (χ3n) is 4.10. The zero-order valence-corrected chi connectivity index (χ0v) is 13.3. The molecule has 0 unspecified atom stereocenters. The number of fused-ring (bicyclic) bond motifs is 3. The highest BCUT2D eigenvalue weighted by molar-refractivity contribution is 7.18. The van der Waals surface area contributed by atoms with E-state index in [2.05, 4.69) is 49.6 Å². The summed E-state index contributed by atoms with van der Waals surface area (Å²) < 4.78 is 2.46. The molecule has 0 spiro atoms. The van der Waals surface area contributed by atoms with Crippen LogP contribution < -0.4 is 4.90 Å². The Kier molecular flexibility index (Phi) is 3.76. The molecule has 0 saturated carbocycles. The first-order valence-electron chi connectivity index (χ1n) is 7.42. The summed E-state index contributed by atoms with van der Waals surface area (Å²) in [5.41, 5.74) is 2.51. The molecule has 0 aliphatic rings. The molecule has 0 radical (unpaired) electrons. The van der Waals surface area contributed by atoms with Crippen molar-refractivity contribution in [2.24, 2.45) is 0 Å². The van der Waals surface area contributed by atoms with Gasteiger partial charge in [0.15, 0.2) is 0 Å². The van der Waals surface area contributed by atoms with Gasteiger partial charge in [0.1, 0.15) is 10.3 Å². The maximum absolute atomic E-state index is 4.72. The lowest BCUT2D eigenvalue weighted by molar-refractivity contribution is -0.897. The lowest BCUT2D eigenvalue weighted by atomic mass is 10.2. The van der Waals surface area contributed by atoms with Crippen molar-refractivity contribution in [2.75, 3.05) is 19.6 Å². The summed E-state index contributed by atoms with van der Waals surface area (Å²) >= 11 is 1.81. The van der Waals surface area contributed by atoms with Crippen LogP contribution in [0.2, 0.25) is 0 Å². The van der Waals surface area contributed by atoms with Crippen LogP contribution in [-0.4, -0.2) is 29.2 Å². The fourth-order valence-electron chi connectivity index (χ4n) is 2.89. The summed E-state index contributed by atoms with van der Waals surface area (Å²) in [4.78, 5) is 7.70. The zero-order valence-electron chi connectivity index (χ0n) is 12.4. The van der Waals surface area contributed by atoms with Gasteiger partial charge in [-0.3, -0.25) is 0 Å². The highest BCUT2D eigenvalue weighted by atomic mass is 32.1. The van der Waals surface area contributed by atoms with Gasteiger partial charge in [-0.2, -0.15) is 0 Å². The molecule has 1 aromatic carbocycles. The highest BCUT2D eigenvalue weighted by Crippen LogP contribution is 2.32. The Morgan fingerprint density at radius 1 is 1.20 bits per heavy atom. The number of aromatic nitrogens is 2. The molecule has 0 aliphatic carbocycles. The first-order chi connectivity index (χ1) is 9.74. The van der Waals surface area contributed by atoms with Crippen LogP contribution in [0, 0.1) is 6.92 Å². The second-order valence-electron chi connectivity index (χ2n) is 5.26. The van der Waals surface area contributed by atoms with Crippen molar-refractivity contribution >= 4 is 32.6 Å². The van der Waals surface area contributed by atoms with E-state index in [0.29, 0.717) is 0 Å². The van der Waals surface area contributed by atoms with Gasteiger partial charge in [0, 0.05) is 5.39 Å². The molecular weight excluding hydrogens is 266 g/mol. The van der Waals surface area contributed by atoms with Crippen molar-refractivity contribution in [2.45, 2.75) is 27.3 Å². The van der Waals surface area contributed by atoms with Crippen molar-refractivity contribution in [1.82, 2.24) is 9.55 Å². The van der Waals surface area contributed by atoms with E-state index in [4.69, 9.17) is 4.98 Å². The van der Waals surface area contributed by atoms with Crippen LogP contribution in [0.25, 0.3) is 21.3 Å². The predicted octanol–water partition coefficient (Wildman–Crippen LogP) is 2.48. The van der Waals surface area contributed by atoms with Crippen LogP contribution in [0.1, 0.15) is 18.9 Å². The summed E-state index contributed by atoms with van der Waals surface area (Å²) in [6, 6.07) is 8.64. The van der Waals surface area contributed by atoms with Gasteiger partial charge < -0.3 is 9.47 Å². The quantitative estimate of drug-likeness (QED) is 0.765. The topological polar surface area (TPSA) is 22.3 Å². The van der Waals surface area contributed by atoms with E-state index < -0.39 is 0 Å². The number of nitrogens with one attached hydrogen (secondary N) is 1. The maximum Gasteiger partial charge on any atom is 0.124 e. The van der Waals surface area contributed by atoms with E-state index in [0.717, 1.165) is 11.6 Å². The van der Waals surface area contributed by atoms with E-state index in [-0.39, 0.29) is 0 Å². The number of nitrogens with zero attached hydrogens (tertiary/aromatic N) is 2. The molecule has 0 bridgehead atoms. The molecule has 0 saturated heterocycles. The average Bonchev–Trinajstić information content (AvgIpc) is 2.97. The standard InChI is InChI=1S/C16H21N3S/c1-4-18(5-2)10-11-19-14-9-7-6-8-13(14)15-16(19)20-12(3)17-15/h6-9H,4-5,10-11H2,1-3H3/p+1. The van der Waals surface area contributed by atoms with E-state index >= 15 is 0 Å². The van der Waals surface area contributed by atoms with Gasteiger partial charge in [0.25, 0.3) is 0 Å². The Hall–Kier alpha value is -1.39. The molecule has 20 heavy (non-hydrogen) atoms. The van der Waals surface area contributed by atoms with Crippen molar-refractivity contribution < 1.29 is 4.90 Å². The van der Waals surface area contributed by atoms with E-state index in [1.165, 1.54) is 40.9 Å². The predicted molar refractivity (Wildman–Crippen MR) is 86.8 cm³/mol. The molecule has 1 N–H and O–H groups in total. The summed E-state index contributed by atoms with van der Waals surface area (Å²) in [6.07, 6.45) is 0. The molecule has 0 atom stereocenters. The summed E-state index contributed by atoms with van der Waals surface area (Å²) in [5.74, 6) is 0. The second kappa shape index (κ2) is 5.54. The van der Waals surface area contributed by atoms with Crippen LogP contribution in [-0.2, 0) is 6.54 Å². The Bertz CT molecular complexity index is 722. The second-order valence-corrected chi connectivity index (χ2v) is 6.44. The molecule has 0 fully saturated rings. The van der Waals surface area contributed by atoms with Gasteiger partial charge in [-0.25, -0.2) is 4.98 Å². The van der Waals surface area contributed by atoms with Crippen LogP contribution >= 0.6 is 11.3 Å². The summed E-state index contributed by atoms with van der Waals surface area (Å²) in [7, 11) is 0. The number of benzene rings is 1. The molecular formula is C16H22N3S+. The Balaban J connectivity index is 2.06. The third kappa shape index (κ3) is 2.23. The molecule has 3 rings (SSSR count). The van der Waals surface area contributed by atoms with Crippen molar-refractivity contribution in [3.8, 4) is 0 Å².